The summed E-state index contributed by atoms with van der Waals surface area (Å²) in [5.74, 6) is -0.591. The van der Waals surface area contributed by atoms with Gasteiger partial charge in [-0.25, -0.2) is 18.2 Å². The first-order chi connectivity index (χ1) is 8.41. The SMILES string of the molecule is CC(C)NCc1ccnc(N(C)CC(F)F)c1F. The van der Waals surface area contributed by atoms with E-state index in [1.54, 1.807) is 6.07 Å². The van der Waals surface area contributed by atoms with Crippen LogP contribution in [0, 0.1) is 5.82 Å². The van der Waals surface area contributed by atoms with E-state index in [9.17, 15) is 13.2 Å². The van der Waals surface area contributed by atoms with Crippen molar-refractivity contribution in [2.75, 3.05) is 18.5 Å². The zero-order valence-corrected chi connectivity index (χ0v) is 10.8. The molecule has 0 aliphatic carbocycles. The van der Waals surface area contributed by atoms with Gasteiger partial charge in [0.05, 0.1) is 6.54 Å². The van der Waals surface area contributed by atoms with Gasteiger partial charge >= 0.3 is 0 Å². The van der Waals surface area contributed by atoms with Crippen LogP contribution >= 0.6 is 0 Å². The molecule has 0 saturated carbocycles. The second-order valence-corrected chi connectivity index (χ2v) is 4.41. The Kier molecular flexibility index (Phi) is 5.40. The Bertz CT molecular complexity index is 383. The van der Waals surface area contributed by atoms with E-state index in [-0.39, 0.29) is 11.9 Å². The fraction of sp³-hybridized carbons (Fsp3) is 0.583. The van der Waals surface area contributed by atoms with E-state index in [2.05, 4.69) is 10.3 Å². The highest BCUT2D eigenvalue weighted by molar-refractivity contribution is 5.42. The van der Waals surface area contributed by atoms with E-state index < -0.39 is 18.8 Å². The normalized spacial score (nSPS) is 11.3. The van der Waals surface area contributed by atoms with E-state index in [4.69, 9.17) is 0 Å². The molecule has 0 unspecified atom stereocenters. The van der Waals surface area contributed by atoms with Crippen LogP contribution in [0.1, 0.15) is 19.4 Å². The van der Waals surface area contributed by atoms with Crippen LogP contribution in [0.3, 0.4) is 0 Å². The maximum absolute atomic E-state index is 14.0. The maximum atomic E-state index is 14.0. The van der Waals surface area contributed by atoms with Crippen molar-refractivity contribution in [1.82, 2.24) is 10.3 Å². The molecule has 1 N–H and O–H groups in total. The Hall–Kier alpha value is -1.30. The molecular formula is C12H18F3N3. The Labute approximate surface area is 105 Å². The number of anilines is 1. The molecule has 6 heteroatoms. The highest BCUT2D eigenvalue weighted by Crippen LogP contribution is 2.19. The summed E-state index contributed by atoms with van der Waals surface area (Å²) in [6.45, 7) is 3.71. The van der Waals surface area contributed by atoms with Crippen LogP contribution in [0.5, 0.6) is 0 Å². The van der Waals surface area contributed by atoms with Gasteiger partial charge in [-0.15, -0.1) is 0 Å². The number of hydrogen-bond donors (Lipinski definition) is 1. The Balaban J connectivity index is 2.84. The van der Waals surface area contributed by atoms with Crippen molar-refractivity contribution >= 4 is 5.82 Å². The van der Waals surface area contributed by atoms with E-state index >= 15 is 0 Å². The molecule has 0 bridgehead atoms. The smallest absolute Gasteiger partial charge is 0.255 e. The molecule has 0 amide bonds. The number of halogens is 3. The molecular weight excluding hydrogens is 243 g/mol. The average Bonchev–Trinajstić information content (AvgIpc) is 2.26. The average molecular weight is 261 g/mol. The number of rotatable bonds is 6. The summed E-state index contributed by atoms with van der Waals surface area (Å²) in [4.78, 5) is 4.93. The minimum Gasteiger partial charge on any atom is -0.352 e. The lowest BCUT2D eigenvalue weighted by Gasteiger charge is -2.19. The summed E-state index contributed by atoms with van der Waals surface area (Å²) >= 11 is 0. The Morgan fingerprint density at radius 3 is 2.61 bits per heavy atom. The first kappa shape index (κ1) is 14.8. The van der Waals surface area contributed by atoms with Crippen LogP contribution in [0.4, 0.5) is 19.0 Å². The number of alkyl halides is 2. The predicted octanol–water partition coefficient (Wildman–Crippen LogP) is 2.42. The molecule has 0 saturated heterocycles. The van der Waals surface area contributed by atoms with Crippen molar-refractivity contribution in [3.8, 4) is 0 Å². The molecule has 1 rings (SSSR count). The summed E-state index contributed by atoms with van der Waals surface area (Å²) < 4.78 is 38.5. The number of aromatic nitrogens is 1. The minimum atomic E-state index is -2.52. The first-order valence-electron chi connectivity index (χ1n) is 5.78. The lowest BCUT2D eigenvalue weighted by atomic mass is 10.2. The third-order valence-electron chi connectivity index (χ3n) is 2.42. The molecule has 1 aromatic rings. The van der Waals surface area contributed by atoms with Crippen LogP contribution in [-0.4, -0.2) is 31.0 Å². The van der Waals surface area contributed by atoms with Gasteiger partial charge in [-0.3, -0.25) is 0 Å². The third kappa shape index (κ3) is 4.18. The third-order valence-corrected chi connectivity index (χ3v) is 2.42. The second-order valence-electron chi connectivity index (χ2n) is 4.41. The number of pyridine rings is 1. The van der Waals surface area contributed by atoms with E-state index in [0.29, 0.717) is 12.1 Å². The molecule has 1 aromatic heterocycles. The highest BCUT2D eigenvalue weighted by atomic mass is 19.3. The standard InChI is InChI=1S/C12H18F3N3/c1-8(2)17-6-9-4-5-16-12(11(9)15)18(3)7-10(13)14/h4-5,8,10,17H,6-7H2,1-3H3. The summed E-state index contributed by atoms with van der Waals surface area (Å²) in [6.07, 6.45) is -1.09. The molecule has 0 fully saturated rings. The van der Waals surface area contributed by atoms with Gasteiger partial charge < -0.3 is 10.2 Å². The van der Waals surface area contributed by atoms with Gasteiger partial charge in [-0.05, 0) is 6.07 Å². The fourth-order valence-electron chi connectivity index (χ4n) is 1.48. The van der Waals surface area contributed by atoms with Gasteiger partial charge in [0.1, 0.15) is 0 Å². The molecule has 0 spiro atoms. The summed E-state index contributed by atoms with van der Waals surface area (Å²) in [5, 5.41) is 3.08. The first-order valence-corrected chi connectivity index (χ1v) is 5.78. The van der Waals surface area contributed by atoms with Crippen LogP contribution in [-0.2, 0) is 6.54 Å². The molecule has 0 radical (unpaired) electrons. The van der Waals surface area contributed by atoms with Crippen molar-refractivity contribution < 1.29 is 13.2 Å². The van der Waals surface area contributed by atoms with Crippen LogP contribution in [0.25, 0.3) is 0 Å². The lowest BCUT2D eigenvalue weighted by molar-refractivity contribution is 0.156. The molecule has 1 heterocycles. The number of nitrogens with zero attached hydrogens (tertiary/aromatic N) is 2. The van der Waals surface area contributed by atoms with Crippen molar-refractivity contribution in [3.05, 3.63) is 23.6 Å². The van der Waals surface area contributed by atoms with Gasteiger partial charge in [-0.1, -0.05) is 13.8 Å². The molecule has 102 valence electrons. The molecule has 0 atom stereocenters. The van der Waals surface area contributed by atoms with Gasteiger partial charge in [-0.2, -0.15) is 0 Å². The van der Waals surface area contributed by atoms with E-state index in [1.165, 1.54) is 13.2 Å². The Morgan fingerprint density at radius 2 is 2.06 bits per heavy atom. The molecule has 18 heavy (non-hydrogen) atoms. The molecule has 0 aliphatic heterocycles. The predicted molar refractivity (Wildman–Crippen MR) is 65.4 cm³/mol. The van der Waals surface area contributed by atoms with E-state index in [0.717, 1.165) is 4.90 Å². The zero-order valence-electron chi connectivity index (χ0n) is 10.8. The van der Waals surface area contributed by atoms with Crippen molar-refractivity contribution in [1.29, 1.82) is 0 Å². The second kappa shape index (κ2) is 6.58. The number of hydrogen-bond acceptors (Lipinski definition) is 3. The monoisotopic (exact) mass is 261 g/mol. The molecule has 0 aliphatic rings. The Morgan fingerprint density at radius 1 is 1.39 bits per heavy atom. The summed E-state index contributed by atoms with van der Waals surface area (Å²) in [7, 11) is 1.40. The van der Waals surface area contributed by atoms with E-state index in [1.807, 2.05) is 13.8 Å². The summed E-state index contributed by atoms with van der Waals surface area (Å²) in [6, 6.07) is 1.77. The minimum absolute atomic E-state index is 0.0432. The molecule has 0 aromatic carbocycles. The van der Waals surface area contributed by atoms with Crippen LogP contribution < -0.4 is 10.2 Å². The van der Waals surface area contributed by atoms with Gasteiger partial charge in [0.25, 0.3) is 6.43 Å². The largest absolute Gasteiger partial charge is 0.352 e. The quantitative estimate of drug-likeness (QED) is 0.852. The zero-order chi connectivity index (χ0) is 13.7. The van der Waals surface area contributed by atoms with Crippen molar-refractivity contribution in [3.63, 3.8) is 0 Å². The highest BCUT2D eigenvalue weighted by Gasteiger charge is 2.16. The van der Waals surface area contributed by atoms with Crippen molar-refractivity contribution in [2.45, 2.75) is 32.9 Å². The van der Waals surface area contributed by atoms with Crippen molar-refractivity contribution in [2.24, 2.45) is 0 Å². The topological polar surface area (TPSA) is 28.2 Å². The maximum Gasteiger partial charge on any atom is 0.255 e. The van der Waals surface area contributed by atoms with Gasteiger partial charge in [0.2, 0.25) is 0 Å². The lowest BCUT2D eigenvalue weighted by Crippen LogP contribution is -2.27. The van der Waals surface area contributed by atoms with Crippen LogP contribution in [0.2, 0.25) is 0 Å². The number of nitrogens with one attached hydrogen (secondary N) is 1. The van der Waals surface area contributed by atoms with Gasteiger partial charge in [0, 0.05) is 31.4 Å². The summed E-state index contributed by atoms with van der Waals surface area (Å²) in [5.41, 5.74) is 0.426. The molecule has 3 nitrogen and oxygen atoms in total. The fourth-order valence-corrected chi connectivity index (χ4v) is 1.48. The van der Waals surface area contributed by atoms with Crippen LogP contribution in [0.15, 0.2) is 12.3 Å². The van der Waals surface area contributed by atoms with Gasteiger partial charge in [0.15, 0.2) is 11.6 Å².